The Hall–Kier alpha value is -2.21. The average Bonchev–Trinajstić information content (AvgIpc) is 3.23. The van der Waals surface area contributed by atoms with Crippen molar-refractivity contribution in [1.29, 1.82) is 0 Å². The number of aryl methyl sites for hydroxylation is 1. The molecule has 2 amide bonds. The zero-order chi connectivity index (χ0) is 29.6. The summed E-state index contributed by atoms with van der Waals surface area (Å²) in [4.78, 5) is 31.7. The van der Waals surface area contributed by atoms with Crippen molar-refractivity contribution in [2.75, 3.05) is 71.9 Å². The third-order valence-electron chi connectivity index (χ3n) is 9.74. The Morgan fingerprint density at radius 3 is 2.48 bits per heavy atom. The SMILES string of the molecule is CS(=O)(=O)N1CCN(C2CCOCC2)CC(C(=O)N2CCC3(CCCCc4ccccc4OCCCNC3=O)CC2)C1. The molecule has 11 heteroatoms. The summed E-state index contributed by atoms with van der Waals surface area (Å²) in [5, 5.41) is 3.17. The molecule has 1 atom stereocenters. The minimum absolute atomic E-state index is 0.0104. The van der Waals surface area contributed by atoms with Gasteiger partial charge in [0.1, 0.15) is 5.75 Å². The summed E-state index contributed by atoms with van der Waals surface area (Å²) in [5.74, 6) is 0.618. The molecule has 0 bridgehead atoms. The number of likely N-dealkylation sites (tertiary alicyclic amines) is 1. The summed E-state index contributed by atoms with van der Waals surface area (Å²) in [5.41, 5.74) is 0.730. The fourth-order valence-corrected chi connectivity index (χ4v) is 7.99. The molecule has 10 nitrogen and oxygen atoms in total. The smallest absolute Gasteiger partial charge is 0.228 e. The van der Waals surface area contributed by atoms with E-state index in [1.807, 2.05) is 23.1 Å². The molecule has 42 heavy (non-hydrogen) atoms. The lowest BCUT2D eigenvalue weighted by Crippen LogP contribution is -2.53. The number of carbonyl (C=O) groups is 2. The highest BCUT2D eigenvalue weighted by Crippen LogP contribution is 2.38. The van der Waals surface area contributed by atoms with E-state index in [-0.39, 0.29) is 18.4 Å². The number of ether oxygens (including phenoxy) is 2. The van der Waals surface area contributed by atoms with Crippen molar-refractivity contribution in [1.82, 2.24) is 19.4 Å². The van der Waals surface area contributed by atoms with Crippen LogP contribution in [-0.2, 0) is 30.8 Å². The van der Waals surface area contributed by atoms with E-state index in [9.17, 15) is 18.0 Å². The fourth-order valence-electron chi connectivity index (χ4n) is 7.13. The number of hydrogen-bond donors (Lipinski definition) is 1. The molecule has 0 aliphatic carbocycles. The van der Waals surface area contributed by atoms with Gasteiger partial charge in [-0.1, -0.05) is 24.6 Å². The molecular weight excluding hydrogens is 556 g/mol. The van der Waals surface area contributed by atoms with Crippen molar-refractivity contribution in [3.63, 3.8) is 0 Å². The van der Waals surface area contributed by atoms with Gasteiger partial charge in [0.25, 0.3) is 0 Å². The average molecular weight is 605 g/mol. The number of para-hydroxylation sites is 1. The van der Waals surface area contributed by atoms with E-state index in [0.29, 0.717) is 78.0 Å². The highest BCUT2D eigenvalue weighted by molar-refractivity contribution is 7.88. The summed E-state index contributed by atoms with van der Waals surface area (Å²) < 4.78 is 38.2. The monoisotopic (exact) mass is 604 g/mol. The van der Waals surface area contributed by atoms with E-state index < -0.39 is 21.4 Å². The molecule has 4 aliphatic rings. The molecule has 1 unspecified atom stereocenters. The van der Waals surface area contributed by atoms with Crippen LogP contribution in [0.2, 0.25) is 0 Å². The molecule has 4 heterocycles. The van der Waals surface area contributed by atoms with Crippen LogP contribution in [0.1, 0.15) is 56.9 Å². The maximum Gasteiger partial charge on any atom is 0.228 e. The van der Waals surface area contributed by atoms with Gasteiger partial charge in [0.15, 0.2) is 0 Å². The maximum absolute atomic E-state index is 14.0. The van der Waals surface area contributed by atoms with Gasteiger partial charge < -0.3 is 19.7 Å². The number of fused-ring (bicyclic) bond motifs is 1. The number of rotatable bonds is 3. The van der Waals surface area contributed by atoms with E-state index in [1.165, 1.54) is 16.1 Å². The topological polar surface area (TPSA) is 108 Å². The molecule has 1 aromatic carbocycles. The van der Waals surface area contributed by atoms with E-state index in [0.717, 1.165) is 50.7 Å². The van der Waals surface area contributed by atoms with Gasteiger partial charge in [-0.3, -0.25) is 14.5 Å². The van der Waals surface area contributed by atoms with Crippen molar-refractivity contribution in [3.8, 4) is 5.75 Å². The molecule has 1 N–H and O–H groups in total. The van der Waals surface area contributed by atoms with Crippen LogP contribution in [0, 0.1) is 11.3 Å². The Labute approximate surface area is 251 Å². The summed E-state index contributed by atoms with van der Waals surface area (Å²) in [6.45, 7) is 5.36. The summed E-state index contributed by atoms with van der Waals surface area (Å²) in [6, 6.07) is 8.50. The van der Waals surface area contributed by atoms with Gasteiger partial charge in [-0.25, -0.2) is 12.7 Å². The second kappa shape index (κ2) is 14.1. The molecule has 1 aromatic rings. The normalized spacial score (nSPS) is 26.1. The van der Waals surface area contributed by atoms with Crippen LogP contribution in [0.25, 0.3) is 0 Å². The number of piperidine rings is 1. The molecule has 3 fully saturated rings. The number of sulfonamides is 1. The molecule has 0 aromatic heterocycles. The lowest BCUT2D eigenvalue weighted by molar-refractivity contribution is -0.144. The van der Waals surface area contributed by atoms with Crippen LogP contribution in [0.4, 0.5) is 0 Å². The van der Waals surface area contributed by atoms with Gasteiger partial charge >= 0.3 is 0 Å². The number of amides is 2. The van der Waals surface area contributed by atoms with Gasteiger partial charge in [0.05, 0.1) is 24.2 Å². The Bertz CT molecular complexity index is 1180. The quantitative estimate of drug-likeness (QED) is 0.564. The summed E-state index contributed by atoms with van der Waals surface area (Å²) >= 11 is 0. The van der Waals surface area contributed by atoms with Gasteiger partial charge in [-0.2, -0.15) is 0 Å². The molecule has 5 rings (SSSR count). The highest BCUT2D eigenvalue weighted by atomic mass is 32.2. The van der Waals surface area contributed by atoms with Crippen molar-refractivity contribution in [3.05, 3.63) is 29.8 Å². The van der Waals surface area contributed by atoms with Crippen LogP contribution < -0.4 is 10.1 Å². The summed E-state index contributed by atoms with van der Waals surface area (Å²) in [6.07, 6.45) is 8.66. The van der Waals surface area contributed by atoms with Crippen molar-refractivity contribution < 1.29 is 27.5 Å². The predicted octanol–water partition coefficient (Wildman–Crippen LogP) is 2.28. The lowest BCUT2D eigenvalue weighted by atomic mass is 9.73. The van der Waals surface area contributed by atoms with Gasteiger partial charge in [-0.15, -0.1) is 0 Å². The minimum atomic E-state index is -3.42. The maximum atomic E-state index is 14.0. The number of carbonyl (C=O) groups excluding carboxylic acids is 2. The first-order chi connectivity index (χ1) is 20.2. The van der Waals surface area contributed by atoms with Gasteiger partial charge in [-0.05, 0) is 63.0 Å². The standard InChI is InChI=1S/C31H48N4O6S/c1-42(38,39)35-19-18-34(27-10-21-40-22-11-27)23-26(24-35)29(36)33-16-13-31(14-17-33)12-5-4-8-25-7-2-3-9-28(25)41-20-6-15-32-30(31)37/h2-3,7,9,26-27H,4-6,8,10-24H2,1H3,(H,32,37). The van der Waals surface area contributed by atoms with Gasteiger partial charge in [0.2, 0.25) is 21.8 Å². The molecule has 1 spiro atoms. The molecule has 234 valence electrons. The van der Waals surface area contributed by atoms with Crippen molar-refractivity contribution in [2.45, 2.75) is 63.8 Å². The zero-order valence-electron chi connectivity index (χ0n) is 25.1. The van der Waals surface area contributed by atoms with Crippen LogP contribution in [0.5, 0.6) is 5.75 Å². The Morgan fingerprint density at radius 1 is 0.952 bits per heavy atom. The second-order valence-corrected chi connectivity index (χ2v) is 14.5. The molecule has 4 aliphatic heterocycles. The van der Waals surface area contributed by atoms with Crippen LogP contribution in [0.15, 0.2) is 24.3 Å². The molecule has 0 radical (unpaired) electrons. The highest BCUT2D eigenvalue weighted by Gasteiger charge is 2.43. The molecule has 3 saturated heterocycles. The zero-order valence-corrected chi connectivity index (χ0v) is 25.9. The number of nitrogens with one attached hydrogen (secondary N) is 1. The fraction of sp³-hybridized carbons (Fsp3) is 0.742. The van der Waals surface area contributed by atoms with Gasteiger partial charge in [0, 0.05) is 65.1 Å². The van der Waals surface area contributed by atoms with Crippen molar-refractivity contribution in [2.24, 2.45) is 11.3 Å². The number of hydrogen-bond acceptors (Lipinski definition) is 7. The third kappa shape index (κ3) is 7.65. The Kier molecular flexibility index (Phi) is 10.4. The molecular formula is C31H48N4O6S. The Balaban J connectivity index is 1.24. The van der Waals surface area contributed by atoms with Crippen LogP contribution in [-0.4, -0.2) is 112 Å². The van der Waals surface area contributed by atoms with Crippen LogP contribution in [0.3, 0.4) is 0 Å². The first-order valence-electron chi connectivity index (χ1n) is 15.8. The minimum Gasteiger partial charge on any atom is -0.493 e. The molecule has 0 saturated carbocycles. The van der Waals surface area contributed by atoms with E-state index in [2.05, 4.69) is 16.3 Å². The Morgan fingerprint density at radius 2 is 1.71 bits per heavy atom. The first-order valence-corrected chi connectivity index (χ1v) is 17.6. The largest absolute Gasteiger partial charge is 0.493 e. The number of benzene rings is 1. The van der Waals surface area contributed by atoms with Crippen LogP contribution >= 0.6 is 0 Å². The number of nitrogens with zero attached hydrogens (tertiary/aromatic N) is 3. The van der Waals surface area contributed by atoms with E-state index in [4.69, 9.17) is 9.47 Å². The summed E-state index contributed by atoms with van der Waals surface area (Å²) in [7, 11) is -3.42. The first kappa shape index (κ1) is 31.2. The predicted molar refractivity (Wildman–Crippen MR) is 161 cm³/mol. The van der Waals surface area contributed by atoms with E-state index >= 15 is 0 Å². The second-order valence-electron chi connectivity index (χ2n) is 12.5. The lowest BCUT2D eigenvalue weighted by Gasteiger charge is -2.42. The van der Waals surface area contributed by atoms with Crippen molar-refractivity contribution >= 4 is 21.8 Å². The third-order valence-corrected chi connectivity index (χ3v) is 11.0. The van der Waals surface area contributed by atoms with E-state index in [1.54, 1.807) is 0 Å².